The number of ether oxygens (including phenoxy) is 2. The van der Waals surface area contributed by atoms with Crippen LogP contribution in [0.4, 0.5) is 10.5 Å². The zero-order valence-electron chi connectivity index (χ0n) is 23.0. The van der Waals surface area contributed by atoms with Gasteiger partial charge >= 0.3 is 6.09 Å². The lowest BCUT2D eigenvalue weighted by Gasteiger charge is -2.16. The van der Waals surface area contributed by atoms with Crippen LogP contribution in [0.25, 0.3) is 21.8 Å². The Balaban J connectivity index is 1.64. The summed E-state index contributed by atoms with van der Waals surface area (Å²) in [7, 11) is 1.62. The van der Waals surface area contributed by atoms with Gasteiger partial charge in [-0.2, -0.15) is 4.68 Å². The van der Waals surface area contributed by atoms with E-state index in [0.717, 1.165) is 32.1 Å². The van der Waals surface area contributed by atoms with Crippen LogP contribution < -0.4 is 4.74 Å². The van der Waals surface area contributed by atoms with Gasteiger partial charge in [-0.25, -0.2) is 9.78 Å². The van der Waals surface area contributed by atoms with Gasteiger partial charge in [-0.3, -0.25) is 15.0 Å². The zero-order chi connectivity index (χ0) is 29.1. The summed E-state index contributed by atoms with van der Waals surface area (Å²) in [6.07, 6.45) is 1.46. The molecule has 0 aliphatic carbocycles. The molecule has 0 amide bonds. The van der Waals surface area contributed by atoms with Crippen molar-refractivity contribution in [1.29, 1.82) is 0 Å². The van der Waals surface area contributed by atoms with Crippen molar-refractivity contribution in [2.75, 3.05) is 13.7 Å². The summed E-state index contributed by atoms with van der Waals surface area (Å²) in [6.45, 7) is 6.95. The van der Waals surface area contributed by atoms with Crippen LogP contribution in [0.5, 0.6) is 5.75 Å². The Kier molecular flexibility index (Phi) is 7.74. The SMILES string of the molecule is CCn1c2ccc(C(=NOC(=O)n3cncn3)c3ccc(OC(C)COC)cc3C)cc2c2cc([N+](=O)[O-])ccc21. The number of carbonyl (C=O) groups is 1. The number of aryl methyl sites for hydroxylation is 2. The Labute approximate surface area is 234 Å². The fourth-order valence-corrected chi connectivity index (χ4v) is 4.86. The summed E-state index contributed by atoms with van der Waals surface area (Å²) < 4.78 is 14.1. The summed E-state index contributed by atoms with van der Waals surface area (Å²) in [6, 6.07) is 16.1. The highest BCUT2D eigenvalue weighted by Crippen LogP contribution is 2.33. The monoisotopic (exact) mass is 556 g/mol. The van der Waals surface area contributed by atoms with Crippen molar-refractivity contribution in [3.8, 4) is 5.75 Å². The molecule has 1 unspecified atom stereocenters. The van der Waals surface area contributed by atoms with Crippen molar-refractivity contribution in [2.45, 2.75) is 33.4 Å². The molecule has 0 aliphatic heterocycles. The molecule has 1 atom stereocenters. The van der Waals surface area contributed by atoms with Crippen LogP contribution >= 0.6 is 0 Å². The molecule has 12 heteroatoms. The summed E-state index contributed by atoms with van der Waals surface area (Å²) in [4.78, 5) is 32.7. The van der Waals surface area contributed by atoms with E-state index in [1.165, 1.54) is 18.7 Å². The Morgan fingerprint density at radius 3 is 2.51 bits per heavy atom. The first-order chi connectivity index (χ1) is 19.8. The van der Waals surface area contributed by atoms with Crippen LogP contribution in [0, 0.1) is 17.0 Å². The average molecular weight is 557 g/mol. The lowest BCUT2D eigenvalue weighted by atomic mass is 9.96. The first kappa shape index (κ1) is 27.5. The highest BCUT2D eigenvalue weighted by Gasteiger charge is 2.19. The average Bonchev–Trinajstić information content (AvgIpc) is 3.60. The van der Waals surface area contributed by atoms with E-state index in [2.05, 4.69) is 19.8 Å². The van der Waals surface area contributed by atoms with E-state index < -0.39 is 11.0 Å². The quantitative estimate of drug-likeness (QED) is 0.101. The molecule has 2 aromatic heterocycles. The van der Waals surface area contributed by atoms with Crippen LogP contribution in [0.2, 0.25) is 0 Å². The van der Waals surface area contributed by atoms with Crippen molar-refractivity contribution < 1.29 is 24.0 Å². The summed E-state index contributed by atoms with van der Waals surface area (Å²) in [5.74, 6) is 0.656. The molecule has 210 valence electrons. The normalized spacial score (nSPS) is 12.5. The van der Waals surface area contributed by atoms with Gasteiger partial charge in [0.05, 0.1) is 11.5 Å². The van der Waals surface area contributed by atoms with Crippen LogP contribution in [0.3, 0.4) is 0 Å². The third kappa shape index (κ3) is 5.50. The molecule has 0 saturated heterocycles. The minimum Gasteiger partial charge on any atom is -0.488 e. The second-order valence-corrected chi connectivity index (χ2v) is 9.43. The number of oxime groups is 1. The molecule has 0 spiro atoms. The van der Waals surface area contributed by atoms with Gasteiger partial charge in [-0.1, -0.05) is 11.2 Å². The van der Waals surface area contributed by atoms with Gasteiger partial charge in [-0.15, -0.1) is 5.10 Å². The molecule has 0 N–H and O–H groups in total. The Morgan fingerprint density at radius 1 is 1.10 bits per heavy atom. The number of hydrogen-bond acceptors (Lipinski definition) is 9. The first-order valence-electron chi connectivity index (χ1n) is 12.9. The minimum atomic E-state index is -0.828. The summed E-state index contributed by atoms with van der Waals surface area (Å²) in [5.41, 5.74) is 4.36. The van der Waals surface area contributed by atoms with Gasteiger partial charge in [0, 0.05) is 58.7 Å². The van der Waals surface area contributed by atoms with Gasteiger partial charge in [0.25, 0.3) is 5.69 Å². The molecule has 12 nitrogen and oxygen atoms in total. The Bertz CT molecular complexity index is 1780. The largest absolute Gasteiger partial charge is 0.488 e. The van der Waals surface area contributed by atoms with Crippen molar-refractivity contribution in [3.63, 3.8) is 0 Å². The number of rotatable bonds is 9. The van der Waals surface area contributed by atoms with E-state index in [1.54, 1.807) is 19.2 Å². The molecule has 2 heterocycles. The number of hydrogen-bond donors (Lipinski definition) is 0. The van der Waals surface area contributed by atoms with Crippen molar-refractivity contribution in [2.24, 2.45) is 5.16 Å². The second-order valence-electron chi connectivity index (χ2n) is 9.43. The number of nitrogens with zero attached hydrogens (tertiary/aromatic N) is 6. The number of carbonyl (C=O) groups excluding carboxylic acids is 1. The number of nitro groups is 1. The van der Waals surface area contributed by atoms with E-state index in [1.807, 2.05) is 57.2 Å². The van der Waals surface area contributed by atoms with E-state index in [-0.39, 0.29) is 11.8 Å². The number of benzene rings is 3. The Morgan fingerprint density at radius 2 is 1.85 bits per heavy atom. The third-order valence-corrected chi connectivity index (χ3v) is 6.66. The lowest BCUT2D eigenvalue weighted by Crippen LogP contribution is -2.18. The van der Waals surface area contributed by atoms with Crippen LogP contribution in [-0.2, 0) is 16.1 Å². The fraction of sp³-hybridized carbons (Fsp3) is 0.241. The zero-order valence-corrected chi connectivity index (χ0v) is 23.0. The van der Waals surface area contributed by atoms with Crippen LogP contribution in [0.15, 0.2) is 72.4 Å². The molecule has 0 fully saturated rings. The predicted octanol–water partition coefficient (Wildman–Crippen LogP) is 5.47. The maximum absolute atomic E-state index is 12.6. The fourth-order valence-electron chi connectivity index (χ4n) is 4.86. The summed E-state index contributed by atoms with van der Waals surface area (Å²) >= 11 is 0. The number of methoxy groups -OCH3 is 1. The Hall–Kier alpha value is -5.10. The van der Waals surface area contributed by atoms with Gasteiger partial charge in [0.2, 0.25) is 0 Å². The molecule has 0 radical (unpaired) electrons. The maximum atomic E-state index is 12.6. The van der Waals surface area contributed by atoms with Crippen LogP contribution in [-0.4, -0.2) is 55.9 Å². The highest BCUT2D eigenvalue weighted by atomic mass is 16.7. The van der Waals surface area contributed by atoms with E-state index >= 15 is 0 Å². The van der Waals surface area contributed by atoms with Gasteiger partial charge in [0.15, 0.2) is 0 Å². The van der Waals surface area contributed by atoms with Crippen molar-refractivity contribution >= 4 is 39.3 Å². The molecular formula is C29H28N6O6. The lowest BCUT2D eigenvalue weighted by molar-refractivity contribution is -0.384. The predicted molar refractivity (Wildman–Crippen MR) is 152 cm³/mol. The molecule has 0 saturated carbocycles. The molecule has 5 rings (SSSR count). The smallest absolute Gasteiger partial charge is 0.462 e. The van der Waals surface area contributed by atoms with Gasteiger partial charge in [0.1, 0.15) is 30.2 Å². The second kappa shape index (κ2) is 11.6. The topological polar surface area (TPSA) is 136 Å². The molecule has 0 aliphatic rings. The minimum absolute atomic E-state index is 0.00263. The van der Waals surface area contributed by atoms with Crippen molar-refractivity contribution in [1.82, 2.24) is 19.3 Å². The number of aromatic nitrogens is 4. The molecule has 0 bridgehead atoms. The maximum Gasteiger partial charge on any atom is 0.462 e. The van der Waals surface area contributed by atoms with Gasteiger partial charge < -0.3 is 14.0 Å². The number of non-ortho nitro benzene ring substituents is 1. The molecule has 41 heavy (non-hydrogen) atoms. The van der Waals surface area contributed by atoms with Crippen LogP contribution in [0.1, 0.15) is 30.5 Å². The molecule has 5 aromatic rings. The highest BCUT2D eigenvalue weighted by molar-refractivity contribution is 6.17. The standard InChI is InChI=1S/C29H28N6O6/c1-5-33-26-10-6-20(13-24(26)25-14-21(35(37)38)7-11-27(25)33)28(32-41-29(36)34-17-30-16-31-34)23-9-8-22(12-18(23)2)40-19(3)15-39-4/h6-14,16-17,19H,5,15H2,1-4H3. The number of fused-ring (bicyclic) bond motifs is 3. The summed E-state index contributed by atoms with van der Waals surface area (Å²) in [5, 5.41) is 21.1. The third-order valence-electron chi connectivity index (χ3n) is 6.66. The number of nitro benzene ring substituents is 1. The molecular weight excluding hydrogens is 528 g/mol. The molecule has 3 aromatic carbocycles. The first-order valence-corrected chi connectivity index (χ1v) is 12.9. The van der Waals surface area contributed by atoms with Gasteiger partial charge in [-0.05, 0) is 62.7 Å². The van der Waals surface area contributed by atoms with E-state index in [0.29, 0.717) is 35.7 Å². The van der Waals surface area contributed by atoms with E-state index in [9.17, 15) is 14.9 Å². The van der Waals surface area contributed by atoms with Crippen molar-refractivity contribution in [3.05, 3.63) is 94.1 Å². The van der Waals surface area contributed by atoms with E-state index in [4.69, 9.17) is 14.3 Å².